The number of imide groups is 1. The summed E-state index contributed by atoms with van der Waals surface area (Å²) in [5.41, 5.74) is 3.85. The number of hydrogen-bond acceptors (Lipinski definition) is 5. The van der Waals surface area contributed by atoms with Gasteiger partial charge in [-0.15, -0.1) is 0 Å². The van der Waals surface area contributed by atoms with E-state index in [1.807, 2.05) is 32.9 Å². The lowest BCUT2D eigenvalue weighted by Gasteiger charge is -2.16. The van der Waals surface area contributed by atoms with Crippen molar-refractivity contribution in [3.8, 4) is 0 Å². The van der Waals surface area contributed by atoms with Gasteiger partial charge in [0.2, 0.25) is 5.91 Å². The number of nitrogens with one attached hydrogen (secondary N) is 1. The van der Waals surface area contributed by atoms with Gasteiger partial charge in [-0.3, -0.25) is 24.3 Å². The maximum absolute atomic E-state index is 12.9. The number of rotatable bonds is 6. The summed E-state index contributed by atoms with van der Waals surface area (Å²) in [5.74, 6) is -1.26. The van der Waals surface area contributed by atoms with Crippen molar-refractivity contribution in [1.29, 1.82) is 0 Å². The minimum atomic E-state index is -0.638. The van der Waals surface area contributed by atoms with Crippen molar-refractivity contribution < 1.29 is 14.4 Å². The molecule has 1 atom stereocenters. The van der Waals surface area contributed by atoms with Crippen LogP contribution in [0.4, 0.5) is 5.82 Å². The molecule has 0 fully saturated rings. The molecule has 3 rings (SSSR count). The molecule has 0 saturated heterocycles. The normalized spacial score (nSPS) is 14.9. The second-order valence-electron chi connectivity index (χ2n) is 7.46. The molecule has 1 aromatic carbocycles. The maximum Gasteiger partial charge on any atom is 0.261 e. The zero-order valence-electron chi connectivity index (χ0n) is 18.4. The average molecular weight is 418 g/mol. The van der Waals surface area contributed by atoms with E-state index < -0.39 is 5.92 Å². The first kappa shape index (κ1) is 22.1. The van der Waals surface area contributed by atoms with Gasteiger partial charge in [0.25, 0.3) is 11.8 Å². The van der Waals surface area contributed by atoms with E-state index in [2.05, 4.69) is 15.3 Å². The van der Waals surface area contributed by atoms with Crippen LogP contribution in [0, 0.1) is 6.92 Å². The van der Waals surface area contributed by atoms with Crippen LogP contribution < -0.4 is 5.32 Å². The van der Waals surface area contributed by atoms with Crippen LogP contribution in [0.25, 0.3) is 5.57 Å². The third-order valence-electron chi connectivity index (χ3n) is 5.30. The van der Waals surface area contributed by atoms with Crippen LogP contribution in [0.1, 0.15) is 64.1 Å². The maximum atomic E-state index is 12.9. The average Bonchev–Trinajstić information content (AvgIpc) is 2.98. The minimum absolute atomic E-state index is 0.303. The summed E-state index contributed by atoms with van der Waals surface area (Å²) in [6.45, 7) is 8.15. The third-order valence-corrected chi connectivity index (χ3v) is 5.30. The van der Waals surface area contributed by atoms with E-state index in [1.54, 1.807) is 37.5 Å². The number of amides is 3. The summed E-state index contributed by atoms with van der Waals surface area (Å²) < 4.78 is 0. The summed E-state index contributed by atoms with van der Waals surface area (Å²) in [4.78, 5) is 47.5. The number of carbonyl (C=O) groups excluding carboxylic acids is 3. The molecule has 31 heavy (non-hydrogen) atoms. The van der Waals surface area contributed by atoms with Gasteiger partial charge in [-0.25, -0.2) is 4.98 Å². The highest BCUT2D eigenvalue weighted by atomic mass is 16.2. The zero-order chi connectivity index (χ0) is 22.7. The smallest absolute Gasteiger partial charge is 0.261 e. The van der Waals surface area contributed by atoms with Crippen LogP contribution in [0.15, 0.2) is 41.5 Å². The highest BCUT2D eigenvalue weighted by Crippen LogP contribution is 2.31. The fraction of sp³-hybridized carbons (Fsp3) is 0.292. The van der Waals surface area contributed by atoms with Gasteiger partial charge in [-0.1, -0.05) is 12.1 Å². The fourth-order valence-electron chi connectivity index (χ4n) is 3.52. The second kappa shape index (κ2) is 9.04. The first-order valence-corrected chi connectivity index (χ1v) is 10.2. The standard InChI is InChI=1S/C24H26N4O3/c1-6-16(12-25-7-2)17-8-9-20(26-13-17)27-22(29)15(4)18-10-14(3)11-19-21(18)24(31)28(5)23(19)30/h6,8-13,15H,7H2,1-5H3,(H,26,27,29)/b16-6+,25-12?/t15-/m0/s1. The lowest BCUT2D eigenvalue weighted by Crippen LogP contribution is -2.25. The number of anilines is 1. The van der Waals surface area contributed by atoms with Crippen LogP contribution in [0.5, 0.6) is 0 Å². The molecule has 0 spiro atoms. The molecule has 3 amide bonds. The molecule has 2 heterocycles. The Labute approximate surface area is 181 Å². The van der Waals surface area contributed by atoms with Crippen LogP contribution in [0.3, 0.4) is 0 Å². The summed E-state index contributed by atoms with van der Waals surface area (Å²) in [7, 11) is 1.45. The van der Waals surface area contributed by atoms with E-state index in [1.165, 1.54) is 7.05 Å². The Morgan fingerprint density at radius 1 is 1.26 bits per heavy atom. The van der Waals surface area contributed by atoms with Gasteiger partial charge in [0.05, 0.1) is 17.0 Å². The van der Waals surface area contributed by atoms with Crippen LogP contribution in [0.2, 0.25) is 0 Å². The van der Waals surface area contributed by atoms with Gasteiger partial charge in [-0.2, -0.15) is 0 Å². The molecule has 0 aliphatic carbocycles. The minimum Gasteiger partial charge on any atom is -0.310 e. The Morgan fingerprint density at radius 3 is 2.61 bits per heavy atom. The summed E-state index contributed by atoms with van der Waals surface area (Å²) in [6.07, 6.45) is 5.42. The molecule has 7 heteroatoms. The van der Waals surface area contributed by atoms with Gasteiger partial charge in [-0.05, 0) is 62.6 Å². The summed E-state index contributed by atoms with van der Waals surface area (Å²) in [5, 5.41) is 2.80. The molecule has 0 bridgehead atoms. The van der Waals surface area contributed by atoms with Gasteiger partial charge in [0, 0.05) is 31.6 Å². The molecular weight excluding hydrogens is 392 g/mol. The van der Waals surface area contributed by atoms with Gasteiger partial charge >= 0.3 is 0 Å². The van der Waals surface area contributed by atoms with E-state index in [0.29, 0.717) is 29.1 Å². The first-order chi connectivity index (χ1) is 14.8. The number of hydrogen-bond donors (Lipinski definition) is 1. The van der Waals surface area contributed by atoms with Crippen molar-refractivity contribution in [2.24, 2.45) is 4.99 Å². The predicted molar refractivity (Wildman–Crippen MR) is 122 cm³/mol. The number of nitrogens with zero attached hydrogens (tertiary/aromatic N) is 3. The van der Waals surface area contributed by atoms with E-state index in [4.69, 9.17) is 0 Å². The molecule has 2 aromatic rings. The largest absolute Gasteiger partial charge is 0.310 e. The van der Waals surface area contributed by atoms with Crippen molar-refractivity contribution in [3.63, 3.8) is 0 Å². The number of aromatic nitrogens is 1. The highest BCUT2D eigenvalue weighted by molar-refractivity contribution is 6.22. The number of fused-ring (bicyclic) bond motifs is 1. The molecule has 1 N–H and O–H groups in total. The van der Waals surface area contributed by atoms with Crippen LogP contribution in [-0.2, 0) is 4.79 Å². The second-order valence-corrected chi connectivity index (χ2v) is 7.46. The molecule has 0 unspecified atom stereocenters. The number of aryl methyl sites for hydroxylation is 1. The number of benzene rings is 1. The molecule has 0 saturated carbocycles. The molecule has 1 aliphatic heterocycles. The van der Waals surface area contributed by atoms with Crippen molar-refractivity contribution in [2.75, 3.05) is 18.9 Å². The predicted octanol–water partition coefficient (Wildman–Crippen LogP) is 3.85. The number of aliphatic imine (C=N–C) groups is 1. The Bertz CT molecular complexity index is 1100. The van der Waals surface area contributed by atoms with Crippen molar-refractivity contribution in [1.82, 2.24) is 9.88 Å². The number of allylic oxidation sites excluding steroid dienone is 2. The third kappa shape index (κ3) is 4.30. The summed E-state index contributed by atoms with van der Waals surface area (Å²) in [6, 6.07) is 7.07. The molecule has 0 radical (unpaired) electrons. The van der Waals surface area contributed by atoms with Crippen LogP contribution in [-0.4, -0.2) is 47.4 Å². The lowest BCUT2D eigenvalue weighted by atomic mass is 9.90. The Kier molecular flexibility index (Phi) is 6.44. The van der Waals surface area contributed by atoms with E-state index in [0.717, 1.165) is 21.6 Å². The molecule has 7 nitrogen and oxygen atoms in total. The number of pyridine rings is 1. The fourth-order valence-corrected chi connectivity index (χ4v) is 3.52. The highest BCUT2D eigenvalue weighted by Gasteiger charge is 2.37. The van der Waals surface area contributed by atoms with Crippen molar-refractivity contribution >= 4 is 35.3 Å². The van der Waals surface area contributed by atoms with E-state index in [9.17, 15) is 14.4 Å². The zero-order valence-corrected chi connectivity index (χ0v) is 18.4. The van der Waals surface area contributed by atoms with E-state index in [-0.39, 0.29) is 17.7 Å². The van der Waals surface area contributed by atoms with Gasteiger partial charge in [0.1, 0.15) is 5.82 Å². The quantitative estimate of drug-likeness (QED) is 0.570. The lowest BCUT2D eigenvalue weighted by molar-refractivity contribution is -0.117. The number of carbonyl (C=O) groups is 3. The Balaban J connectivity index is 1.83. The van der Waals surface area contributed by atoms with E-state index >= 15 is 0 Å². The Hall–Kier alpha value is -3.61. The van der Waals surface area contributed by atoms with Crippen molar-refractivity contribution in [3.05, 3.63) is 64.4 Å². The molecule has 1 aromatic heterocycles. The SMILES string of the molecule is C/C=C(\C=NCC)c1ccc(NC(=O)[C@@H](C)c2cc(C)cc3c2C(=O)N(C)C3=O)nc1. The summed E-state index contributed by atoms with van der Waals surface area (Å²) >= 11 is 0. The molecule has 160 valence electrons. The van der Waals surface area contributed by atoms with Gasteiger partial charge in [0.15, 0.2) is 0 Å². The molecular formula is C24H26N4O3. The van der Waals surface area contributed by atoms with Crippen LogP contribution >= 0.6 is 0 Å². The first-order valence-electron chi connectivity index (χ1n) is 10.2. The monoisotopic (exact) mass is 418 g/mol. The van der Waals surface area contributed by atoms with Gasteiger partial charge < -0.3 is 5.32 Å². The van der Waals surface area contributed by atoms with Crippen molar-refractivity contribution in [2.45, 2.75) is 33.6 Å². The topological polar surface area (TPSA) is 91.7 Å². The molecule has 1 aliphatic rings. The Morgan fingerprint density at radius 2 is 2.00 bits per heavy atom.